The molecule has 0 saturated carbocycles. The van der Waals surface area contributed by atoms with Crippen molar-refractivity contribution in [1.82, 2.24) is 0 Å². The third kappa shape index (κ3) is 3.34. The second-order valence-electron chi connectivity index (χ2n) is 4.25. The van der Waals surface area contributed by atoms with Gasteiger partial charge in [0.1, 0.15) is 5.75 Å². The number of carbonyl (C=O) groups is 1. The lowest BCUT2D eigenvalue weighted by Crippen LogP contribution is -2.14. The molecule has 0 unspecified atom stereocenters. The van der Waals surface area contributed by atoms with E-state index in [9.17, 15) is 4.79 Å². The summed E-state index contributed by atoms with van der Waals surface area (Å²) in [7, 11) is 1.63. The number of amides is 1. The van der Waals surface area contributed by atoms with Crippen LogP contribution in [-0.4, -0.2) is 13.0 Å². The molecule has 0 saturated heterocycles. The Labute approximate surface area is 101 Å². The number of rotatable bonds is 4. The van der Waals surface area contributed by atoms with Gasteiger partial charge in [-0.25, -0.2) is 0 Å². The third-order valence-corrected chi connectivity index (χ3v) is 2.93. The van der Waals surface area contributed by atoms with E-state index < -0.39 is 0 Å². The number of carbonyl (C=O) groups excluding carboxylic acids is 1. The van der Waals surface area contributed by atoms with Crippen LogP contribution in [0.25, 0.3) is 0 Å². The van der Waals surface area contributed by atoms with Gasteiger partial charge in [-0.05, 0) is 43.0 Å². The first-order valence-corrected chi connectivity index (χ1v) is 5.88. The van der Waals surface area contributed by atoms with Gasteiger partial charge in [0.25, 0.3) is 0 Å². The fourth-order valence-electron chi connectivity index (χ4n) is 1.99. The van der Waals surface area contributed by atoms with Crippen LogP contribution in [0.15, 0.2) is 36.4 Å². The SMILES string of the molecule is COc1ccc(NC(=O)C[C@@H]2C=CCC2)cc1. The minimum Gasteiger partial charge on any atom is -0.497 e. The van der Waals surface area contributed by atoms with Crippen molar-refractivity contribution in [3.05, 3.63) is 36.4 Å². The summed E-state index contributed by atoms with van der Waals surface area (Å²) in [6.07, 6.45) is 7.04. The molecule has 0 aromatic heterocycles. The summed E-state index contributed by atoms with van der Waals surface area (Å²) in [6.45, 7) is 0. The lowest BCUT2D eigenvalue weighted by Gasteiger charge is -2.09. The standard InChI is InChI=1S/C14H17NO2/c1-17-13-8-6-12(7-9-13)15-14(16)10-11-4-2-3-5-11/h2,4,6-9,11H,3,5,10H2,1H3,(H,15,16)/t11-/m1/s1. The van der Waals surface area contributed by atoms with Gasteiger partial charge in [-0.2, -0.15) is 0 Å². The molecule has 2 rings (SSSR count). The number of methoxy groups -OCH3 is 1. The molecule has 0 spiro atoms. The maximum atomic E-state index is 11.7. The van der Waals surface area contributed by atoms with Crippen molar-refractivity contribution in [2.45, 2.75) is 19.3 Å². The Morgan fingerprint density at radius 1 is 1.41 bits per heavy atom. The minimum absolute atomic E-state index is 0.0757. The molecule has 90 valence electrons. The topological polar surface area (TPSA) is 38.3 Å². The van der Waals surface area contributed by atoms with E-state index >= 15 is 0 Å². The fraction of sp³-hybridized carbons (Fsp3) is 0.357. The Morgan fingerprint density at radius 3 is 2.76 bits per heavy atom. The molecule has 0 radical (unpaired) electrons. The summed E-state index contributed by atoms with van der Waals surface area (Å²) in [6, 6.07) is 7.37. The van der Waals surface area contributed by atoms with Crippen LogP contribution in [0.3, 0.4) is 0 Å². The van der Waals surface area contributed by atoms with Crippen molar-refractivity contribution in [2.24, 2.45) is 5.92 Å². The summed E-state index contributed by atoms with van der Waals surface area (Å²) >= 11 is 0. The molecule has 1 N–H and O–H groups in total. The molecule has 3 nitrogen and oxygen atoms in total. The molecule has 1 aromatic rings. The van der Waals surface area contributed by atoms with Crippen LogP contribution in [0.1, 0.15) is 19.3 Å². The van der Waals surface area contributed by atoms with E-state index in [1.807, 2.05) is 24.3 Å². The van der Waals surface area contributed by atoms with E-state index in [1.54, 1.807) is 7.11 Å². The second kappa shape index (κ2) is 5.53. The van der Waals surface area contributed by atoms with E-state index in [0.29, 0.717) is 12.3 Å². The first kappa shape index (κ1) is 11.7. The number of allylic oxidation sites excluding steroid dienone is 2. The molecule has 0 bridgehead atoms. The zero-order chi connectivity index (χ0) is 12.1. The van der Waals surface area contributed by atoms with Gasteiger partial charge in [-0.15, -0.1) is 0 Å². The van der Waals surface area contributed by atoms with E-state index in [2.05, 4.69) is 17.5 Å². The number of nitrogens with one attached hydrogen (secondary N) is 1. The van der Waals surface area contributed by atoms with Crippen molar-refractivity contribution in [2.75, 3.05) is 12.4 Å². The van der Waals surface area contributed by atoms with E-state index in [1.165, 1.54) is 0 Å². The van der Waals surface area contributed by atoms with Crippen molar-refractivity contribution in [1.29, 1.82) is 0 Å². The monoisotopic (exact) mass is 231 g/mol. The highest BCUT2D eigenvalue weighted by Crippen LogP contribution is 2.21. The second-order valence-corrected chi connectivity index (χ2v) is 4.25. The van der Waals surface area contributed by atoms with Gasteiger partial charge in [0.2, 0.25) is 5.91 Å². The Morgan fingerprint density at radius 2 is 2.18 bits per heavy atom. The number of hydrogen-bond acceptors (Lipinski definition) is 2. The van der Waals surface area contributed by atoms with Gasteiger partial charge in [-0.1, -0.05) is 12.2 Å². The molecule has 1 aromatic carbocycles. The molecule has 1 atom stereocenters. The maximum absolute atomic E-state index is 11.7. The van der Waals surface area contributed by atoms with Gasteiger partial charge in [-0.3, -0.25) is 4.79 Å². The summed E-state index contributed by atoms with van der Waals surface area (Å²) in [5.41, 5.74) is 0.817. The number of anilines is 1. The highest BCUT2D eigenvalue weighted by molar-refractivity contribution is 5.91. The van der Waals surface area contributed by atoms with Gasteiger partial charge in [0, 0.05) is 12.1 Å². The Hall–Kier alpha value is -1.77. The third-order valence-electron chi connectivity index (χ3n) is 2.93. The summed E-state index contributed by atoms with van der Waals surface area (Å²) in [5.74, 6) is 1.28. The molecule has 1 aliphatic carbocycles. The quantitative estimate of drug-likeness (QED) is 0.809. The Bertz CT molecular complexity index is 409. The fourth-order valence-corrected chi connectivity index (χ4v) is 1.99. The number of benzene rings is 1. The summed E-state index contributed by atoms with van der Waals surface area (Å²) in [4.78, 5) is 11.7. The summed E-state index contributed by atoms with van der Waals surface area (Å²) in [5, 5.41) is 2.89. The molecule has 0 aliphatic heterocycles. The number of hydrogen-bond donors (Lipinski definition) is 1. The Kier molecular flexibility index (Phi) is 3.81. The van der Waals surface area contributed by atoms with E-state index in [-0.39, 0.29) is 5.91 Å². The van der Waals surface area contributed by atoms with Gasteiger partial charge in [0.05, 0.1) is 7.11 Å². The molecular formula is C14H17NO2. The first-order valence-electron chi connectivity index (χ1n) is 5.88. The lowest BCUT2D eigenvalue weighted by molar-refractivity contribution is -0.116. The van der Waals surface area contributed by atoms with Crippen LogP contribution < -0.4 is 10.1 Å². The van der Waals surface area contributed by atoms with E-state index in [0.717, 1.165) is 24.3 Å². The predicted molar refractivity (Wildman–Crippen MR) is 68.1 cm³/mol. The Balaban J connectivity index is 1.86. The van der Waals surface area contributed by atoms with Gasteiger partial charge in [0.15, 0.2) is 0 Å². The maximum Gasteiger partial charge on any atom is 0.224 e. The highest BCUT2D eigenvalue weighted by atomic mass is 16.5. The van der Waals surface area contributed by atoms with Crippen LogP contribution >= 0.6 is 0 Å². The van der Waals surface area contributed by atoms with Crippen molar-refractivity contribution >= 4 is 11.6 Å². The van der Waals surface area contributed by atoms with E-state index in [4.69, 9.17) is 4.74 Å². The first-order chi connectivity index (χ1) is 8.28. The highest BCUT2D eigenvalue weighted by Gasteiger charge is 2.13. The zero-order valence-electron chi connectivity index (χ0n) is 9.98. The summed E-state index contributed by atoms with van der Waals surface area (Å²) < 4.78 is 5.06. The number of ether oxygens (including phenoxy) is 1. The van der Waals surface area contributed by atoms with Crippen LogP contribution in [0.2, 0.25) is 0 Å². The largest absolute Gasteiger partial charge is 0.497 e. The van der Waals surface area contributed by atoms with Crippen LogP contribution in [0.4, 0.5) is 5.69 Å². The predicted octanol–water partition coefficient (Wildman–Crippen LogP) is 2.99. The van der Waals surface area contributed by atoms with Crippen molar-refractivity contribution in [3.8, 4) is 5.75 Å². The average molecular weight is 231 g/mol. The van der Waals surface area contributed by atoms with Gasteiger partial charge >= 0.3 is 0 Å². The zero-order valence-corrected chi connectivity index (χ0v) is 9.98. The van der Waals surface area contributed by atoms with Crippen molar-refractivity contribution in [3.63, 3.8) is 0 Å². The molecule has 3 heteroatoms. The van der Waals surface area contributed by atoms with Crippen LogP contribution in [0.5, 0.6) is 5.75 Å². The molecule has 0 heterocycles. The van der Waals surface area contributed by atoms with Gasteiger partial charge < -0.3 is 10.1 Å². The molecule has 0 fully saturated rings. The molecular weight excluding hydrogens is 214 g/mol. The van der Waals surface area contributed by atoms with Crippen LogP contribution in [-0.2, 0) is 4.79 Å². The smallest absolute Gasteiger partial charge is 0.224 e. The van der Waals surface area contributed by atoms with Crippen molar-refractivity contribution < 1.29 is 9.53 Å². The molecule has 17 heavy (non-hydrogen) atoms. The lowest BCUT2D eigenvalue weighted by atomic mass is 10.1. The van der Waals surface area contributed by atoms with Crippen LogP contribution in [0, 0.1) is 5.92 Å². The normalized spacial score (nSPS) is 18.1. The minimum atomic E-state index is 0.0757. The molecule has 1 aliphatic rings. The molecule has 1 amide bonds. The average Bonchev–Trinajstić information content (AvgIpc) is 2.82.